The molecule has 1 aliphatic carbocycles. The Bertz CT molecular complexity index is 330. The second-order valence-electron chi connectivity index (χ2n) is 5.02. The van der Waals surface area contributed by atoms with Crippen molar-refractivity contribution >= 4 is 12.1 Å². The van der Waals surface area contributed by atoms with Crippen LogP contribution in [-0.4, -0.2) is 53.8 Å². The van der Waals surface area contributed by atoms with Crippen LogP contribution >= 0.6 is 0 Å². The molecule has 1 amide bonds. The minimum Gasteiger partial charge on any atom is -0.481 e. The first-order valence-electron chi connectivity index (χ1n) is 6.50. The Morgan fingerprint density at radius 1 is 1.39 bits per heavy atom. The number of nitrogens with zero attached hydrogens (tertiary/aromatic N) is 1. The number of piperidine rings is 1. The fraction of sp³-hybridized carbons (Fsp3) is 0.833. The number of nitrogens with one attached hydrogen (secondary N) is 1. The largest absolute Gasteiger partial charge is 0.481 e. The molecule has 1 heterocycles. The highest BCUT2D eigenvalue weighted by molar-refractivity contribution is 5.71. The van der Waals surface area contributed by atoms with E-state index in [4.69, 9.17) is 9.84 Å². The van der Waals surface area contributed by atoms with E-state index in [0.29, 0.717) is 25.6 Å². The molecule has 2 rings (SSSR count). The van der Waals surface area contributed by atoms with Crippen LogP contribution in [0.5, 0.6) is 0 Å². The fourth-order valence-corrected chi connectivity index (χ4v) is 2.49. The molecule has 2 fully saturated rings. The highest BCUT2D eigenvalue weighted by atomic mass is 16.5. The Hall–Kier alpha value is -1.30. The van der Waals surface area contributed by atoms with Crippen molar-refractivity contribution in [1.82, 2.24) is 10.2 Å². The third-order valence-electron chi connectivity index (χ3n) is 3.49. The standard InChI is InChI=1S/C12H20N2O4/c1-2-18-12(17)13-9-5-8(11(15)16)6-14(7-9)10-3-4-10/h8-10H,2-7H2,1H3,(H,13,17)(H,15,16). The summed E-state index contributed by atoms with van der Waals surface area (Å²) in [5.41, 5.74) is 0. The molecule has 102 valence electrons. The number of ether oxygens (including phenoxy) is 1. The van der Waals surface area contributed by atoms with Crippen LogP contribution < -0.4 is 5.32 Å². The number of hydrogen-bond donors (Lipinski definition) is 2. The van der Waals surface area contributed by atoms with E-state index >= 15 is 0 Å². The predicted octanol–water partition coefficient (Wildman–Crippen LogP) is 0.670. The zero-order chi connectivity index (χ0) is 13.1. The summed E-state index contributed by atoms with van der Waals surface area (Å²) < 4.78 is 4.84. The topological polar surface area (TPSA) is 78.9 Å². The highest BCUT2D eigenvalue weighted by Gasteiger charge is 2.38. The van der Waals surface area contributed by atoms with Crippen molar-refractivity contribution in [2.24, 2.45) is 5.92 Å². The van der Waals surface area contributed by atoms with Gasteiger partial charge in [-0.05, 0) is 26.2 Å². The lowest BCUT2D eigenvalue weighted by molar-refractivity contribution is -0.144. The Morgan fingerprint density at radius 3 is 2.67 bits per heavy atom. The average molecular weight is 256 g/mol. The van der Waals surface area contributed by atoms with Crippen LogP contribution in [0.25, 0.3) is 0 Å². The van der Waals surface area contributed by atoms with Gasteiger partial charge in [-0.25, -0.2) is 4.79 Å². The van der Waals surface area contributed by atoms with Gasteiger partial charge in [0.1, 0.15) is 0 Å². The number of rotatable bonds is 4. The molecule has 18 heavy (non-hydrogen) atoms. The average Bonchev–Trinajstić information content (AvgIpc) is 3.12. The van der Waals surface area contributed by atoms with Crippen molar-refractivity contribution in [3.8, 4) is 0 Å². The van der Waals surface area contributed by atoms with Crippen LogP contribution in [0.15, 0.2) is 0 Å². The number of carbonyl (C=O) groups is 2. The zero-order valence-electron chi connectivity index (χ0n) is 10.6. The molecule has 1 saturated carbocycles. The summed E-state index contributed by atoms with van der Waals surface area (Å²) in [7, 11) is 0. The summed E-state index contributed by atoms with van der Waals surface area (Å²) in [5, 5.41) is 11.9. The van der Waals surface area contributed by atoms with Gasteiger partial charge < -0.3 is 15.2 Å². The van der Waals surface area contributed by atoms with E-state index < -0.39 is 18.0 Å². The third-order valence-corrected chi connectivity index (χ3v) is 3.49. The van der Waals surface area contributed by atoms with Crippen molar-refractivity contribution in [2.45, 2.75) is 38.3 Å². The molecule has 1 saturated heterocycles. The maximum absolute atomic E-state index is 11.4. The lowest BCUT2D eigenvalue weighted by atomic mass is 9.94. The van der Waals surface area contributed by atoms with Crippen molar-refractivity contribution in [2.75, 3.05) is 19.7 Å². The summed E-state index contributed by atoms with van der Waals surface area (Å²) in [6.45, 7) is 3.40. The lowest BCUT2D eigenvalue weighted by Gasteiger charge is -2.36. The first-order valence-corrected chi connectivity index (χ1v) is 6.50. The monoisotopic (exact) mass is 256 g/mol. The molecule has 6 nitrogen and oxygen atoms in total. The van der Waals surface area contributed by atoms with Gasteiger partial charge in [0.15, 0.2) is 0 Å². The second-order valence-corrected chi connectivity index (χ2v) is 5.02. The molecular weight excluding hydrogens is 236 g/mol. The molecule has 2 N–H and O–H groups in total. The molecule has 0 radical (unpaired) electrons. The molecule has 6 heteroatoms. The van der Waals surface area contributed by atoms with Gasteiger partial charge in [-0.1, -0.05) is 0 Å². The number of carbonyl (C=O) groups excluding carboxylic acids is 1. The number of alkyl carbamates (subject to hydrolysis) is 1. The van der Waals surface area contributed by atoms with Crippen LogP contribution in [0.1, 0.15) is 26.2 Å². The number of likely N-dealkylation sites (tertiary alicyclic amines) is 1. The number of carboxylic acid groups (broad SMARTS) is 1. The Morgan fingerprint density at radius 2 is 2.11 bits per heavy atom. The number of hydrogen-bond acceptors (Lipinski definition) is 4. The van der Waals surface area contributed by atoms with Crippen LogP contribution in [0.2, 0.25) is 0 Å². The fourth-order valence-electron chi connectivity index (χ4n) is 2.49. The van der Waals surface area contributed by atoms with Crippen molar-refractivity contribution < 1.29 is 19.4 Å². The molecule has 0 aromatic heterocycles. The second kappa shape index (κ2) is 5.56. The minimum absolute atomic E-state index is 0.125. The molecule has 2 atom stereocenters. The van der Waals surface area contributed by atoms with Crippen LogP contribution in [0.4, 0.5) is 4.79 Å². The van der Waals surface area contributed by atoms with Gasteiger partial charge in [0.05, 0.1) is 12.5 Å². The Kier molecular flexibility index (Phi) is 4.06. The van der Waals surface area contributed by atoms with E-state index in [0.717, 1.165) is 19.4 Å². The highest BCUT2D eigenvalue weighted by Crippen LogP contribution is 2.31. The van der Waals surface area contributed by atoms with Gasteiger partial charge in [-0.3, -0.25) is 9.69 Å². The normalized spacial score (nSPS) is 28.7. The lowest BCUT2D eigenvalue weighted by Crippen LogP contribution is -2.53. The molecule has 0 aromatic rings. The van der Waals surface area contributed by atoms with E-state index in [1.165, 1.54) is 0 Å². The summed E-state index contributed by atoms with van der Waals surface area (Å²) in [6, 6.07) is 0.387. The van der Waals surface area contributed by atoms with E-state index in [2.05, 4.69) is 10.2 Å². The molecule has 0 spiro atoms. The Labute approximate surface area is 106 Å². The maximum atomic E-state index is 11.4. The summed E-state index contributed by atoms with van der Waals surface area (Å²) >= 11 is 0. The zero-order valence-corrected chi connectivity index (χ0v) is 10.6. The van der Waals surface area contributed by atoms with Crippen LogP contribution in [0.3, 0.4) is 0 Å². The van der Waals surface area contributed by atoms with E-state index in [9.17, 15) is 9.59 Å². The van der Waals surface area contributed by atoms with Gasteiger partial charge in [0.25, 0.3) is 0 Å². The number of amides is 1. The molecule has 2 aliphatic rings. The molecular formula is C12H20N2O4. The SMILES string of the molecule is CCOC(=O)NC1CC(C(=O)O)CN(C2CC2)C1. The predicted molar refractivity (Wildman–Crippen MR) is 64.3 cm³/mol. The van der Waals surface area contributed by atoms with Gasteiger partial charge in [-0.2, -0.15) is 0 Å². The van der Waals surface area contributed by atoms with Gasteiger partial charge in [0.2, 0.25) is 0 Å². The number of aliphatic carboxylic acids is 1. The molecule has 2 unspecified atom stereocenters. The van der Waals surface area contributed by atoms with E-state index in [1.807, 2.05) is 0 Å². The van der Waals surface area contributed by atoms with E-state index in [1.54, 1.807) is 6.92 Å². The summed E-state index contributed by atoms with van der Waals surface area (Å²) in [4.78, 5) is 24.7. The quantitative estimate of drug-likeness (QED) is 0.773. The van der Waals surface area contributed by atoms with E-state index in [-0.39, 0.29) is 6.04 Å². The van der Waals surface area contributed by atoms with Crippen molar-refractivity contribution in [3.63, 3.8) is 0 Å². The Balaban J connectivity index is 1.91. The molecule has 0 aromatic carbocycles. The number of carboxylic acids is 1. The molecule has 1 aliphatic heterocycles. The van der Waals surface area contributed by atoms with Crippen LogP contribution in [0, 0.1) is 5.92 Å². The van der Waals surface area contributed by atoms with Gasteiger partial charge >= 0.3 is 12.1 Å². The van der Waals surface area contributed by atoms with Crippen molar-refractivity contribution in [1.29, 1.82) is 0 Å². The first-order chi connectivity index (χ1) is 8.60. The maximum Gasteiger partial charge on any atom is 0.407 e. The summed E-state index contributed by atoms with van der Waals surface area (Å²) in [5.74, 6) is -1.18. The minimum atomic E-state index is -0.781. The van der Waals surface area contributed by atoms with Gasteiger partial charge in [0, 0.05) is 25.2 Å². The first kappa shape index (κ1) is 13.1. The van der Waals surface area contributed by atoms with Gasteiger partial charge in [-0.15, -0.1) is 0 Å². The summed E-state index contributed by atoms with van der Waals surface area (Å²) in [6.07, 6.45) is 2.30. The third kappa shape index (κ3) is 3.35. The van der Waals surface area contributed by atoms with Crippen molar-refractivity contribution in [3.05, 3.63) is 0 Å². The smallest absolute Gasteiger partial charge is 0.407 e. The molecule has 0 bridgehead atoms. The van der Waals surface area contributed by atoms with Crippen LogP contribution in [-0.2, 0) is 9.53 Å².